The summed E-state index contributed by atoms with van der Waals surface area (Å²) in [6.07, 6.45) is 2.13. The summed E-state index contributed by atoms with van der Waals surface area (Å²) in [6, 6.07) is 13.6. The summed E-state index contributed by atoms with van der Waals surface area (Å²) in [6.45, 7) is 2.50. The van der Waals surface area contributed by atoms with Crippen LogP contribution in [0.5, 0.6) is 11.5 Å². The molecule has 0 bridgehead atoms. The molecule has 2 heterocycles. The Kier molecular flexibility index (Phi) is 6.48. The maximum absolute atomic E-state index is 10.9. The molecule has 0 amide bonds. The van der Waals surface area contributed by atoms with Crippen LogP contribution in [0.25, 0.3) is 6.08 Å². The molecule has 0 spiro atoms. The Hall–Kier alpha value is -2.94. The Morgan fingerprint density at radius 3 is 2.55 bits per heavy atom. The smallest absolute Gasteiger partial charge is 0.309 e. The number of carboxylic acids is 1. The highest BCUT2D eigenvalue weighted by Gasteiger charge is 2.32. The van der Waals surface area contributed by atoms with E-state index in [9.17, 15) is 4.79 Å². The fourth-order valence-electron chi connectivity index (χ4n) is 3.34. The molecule has 29 heavy (non-hydrogen) atoms. The quantitative estimate of drug-likeness (QED) is 0.782. The number of nitrogens with zero attached hydrogens (tertiary/aromatic N) is 1. The summed E-state index contributed by atoms with van der Waals surface area (Å²) < 4.78 is 11.1. The van der Waals surface area contributed by atoms with Crippen molar-refractivity contribution in [3.63, 3.8) is 0 Å². The lowest BCUT2D eigenvalue weighted by atomic mass is 9.98. The standard InChI is InChI=1S/C23H21NO4.ClH/c1-27-21-8-5-16(6-9-21)2-3-17-4-7-19-10-18(15-28-22(19)11-17)12-24-13-20(14-24)23(25)26;/h4-11,20H,12-15H2,1H3,(H,25,26);1H. The molecule has 0 aromatic heterocycles. The Labute approximate surface area is 176 Å². The maximum atomic E-state index is 10.9. The van der Waals surface area contributed by atoms with Gasteiger partial charge < -0.3 is 14.6 Å². The van der Waals surface area contributed by atoms with Gasteiger partial charge in [0.25, 0.3) is 0 Å². The van der Waals surface area contributed by atoms with E-state index in [-0.39, 0.29) is 18.3 Å². The van der Waals surface area contributed by atoms with E-state index in [1.54, 1.807) is 7.11 Å². The number of fused-ring (bicyclic) bond motifs is 1. The number of ether oxygens (including phenoxy) is 2. The summed E-state index contributed by atoms with van der Waals surface area (Å²) in [7, 11) is 1.64. The van der Waals surface area contributed by atoms with Crippen LogP contribution in [-0.4, -0.2) is 49.3 Å². The second-order valence-corrected chi connectivity index (χ2v) is 7.05. The third kappa shape index (κ3) is 4.92. The minimum Gasteiger partial charge on any atom is -0.497 e. The van der Waals surface area contributed by atoms with Crippen molar-refractivity contribution in [2.75, 3.05) is 33.4 Å². The van der Waals surface area contributed by atoms with Crippen LogP contribution in [0, 0.1) is 17.8 Å². The van der Waals surface area contributed by atoms with Crippen LogP contribution >= 0.6 is 12.4 Å². The molecular weight excluding hydrogens is 390 g/mol. The van der Waals surface area contributed by atoms with Gasteiger partial charge in [-0.05, 0) is 48.0 Å². The summed E-state index contributed by atoms with van der Waals surface area (Å²) in [4.78, 5) is 13.0. The van der Waals surface area contributed by atoms with Gasteiger partial charge in [0.2, 0.25) is 0 Å². The Morgan fingerprint density at radius 1 is 1.17 bits per heavy atom. The molecule has 2 aliphatic heterocycles. The van der Waals surface area contributed by atoms with Crippen molar-refractivity contribution >= 4 is 24.5 Å². The first-order chi connectivity index (χ1) is 13.6. The molecule has 1 fully saturated rings. The van der Waals surface area contributed by atoms with Crippen LogP contribution < -0.4 is 9.47 Å². The molecule has 0 radical (unpaired) electrons. The Balaban J connectivity index is 0.00000240. The van der Waals surface area contributed by atoms with Crippen molar-refractivity contribution in [3.8, 4) is 23.3 Å². The number of carboxylic acid groups (broad SMARTS) is 1. The molecule has 0 unspecified atom stereocenters. The molecule has 0 atom stereocenters. The van der Waals surface area contributed by atoms with E-state index in [1.807, 2.05) is 42.5 Å². The Bertz CT molecular complexity index is 982. The van der Waals surface area contributed by atoms with Gasteiger partial charge in [0, 0.05) is 36.3 Å². The number of likely N-dealkylation sites (tertiary alicyclic amines) is 1. The van der Waals surface area contributed by atoms with Gasteiger partial charge in [-0.2, -0.15) is 0 Å². The van der Waals surface area contributed by atoms with Gasteiger partial charge >= 0.3 is 5.97 Å². The second kappa shape index (κ2) is 9.04. The van der Waals surface area contributed by atoms with Gasteiger partial charge in [0.1, 0.15) is 18.1 Å². The van der Waals surface area contributed by atoms with Gasteiger partial charge in [-0.3, -0.25) is 9.69 Å². The fraction of sp³-hybridized carbons (Fsp3) is 0.261. The van der Waals surface area contributed by atoms with Crippen LogP contribution in [0.3, 0.4) is 0 Å². The number of rotatable bonds is 4. The molecule has 2 aromatic carbocycles. The van der Waals surface area contributed by atoms with Crippen LogP contribution in [0.1, 0.15) is 16.7 Å². The number of hydrogen-bond acceptors (Lipinski definition) is 4. The van der Waals surface area contributed by atoms with Crippen LogP contribution in [-0.2, 0) is 4.79 Å². The van der Waals surface area contributed by atoms with E-state index < -0.39 is 5.97 Å². The first-order valence-corrected chi connectivity index (χ1v) is 9.18. The van der Waals surface area contributed by atoms with E-state index >= 15 is 0 Å². The minimum absolute atomic E-state index is 0. The van der Waals surface area contributed by atoms with Gasteiger partial charge in [0.05, 0.1) is 13.0 Å². The van der Waals surface area contributed by atoms with Gasteiger partial charge in [0.15, 0.2) is 0 Å². The summed E-state index contributed by atoms with van der Waals surface area (Å²) in [5.74, 6) is 7.02. The van der Waals surface area contributed by atoms with Crippen molar-refractivity contribution in [1.29, 1.82) is 0 Å². The van der Waals surface area contributed by atoms with Crippen molar-refractivity contribution in [2.45, 2.75) is 0 Å². The SMILES string of the molecule is COc1ccc(C#Cc2ccc3c(c2)OCC(CN2CC(C(=O)O)C2)=C3)cc1.Cl. The van der Waals surface area contributed by atoms with Crippen molar-refractivity contribution < 1.29 is 19.4 Å². The zero-order valence-electron chi connectivity index (χ0n) is 16.1. The summed E-state index contributed by atoms with van der Waals surface area (Å²) >= 11 is 0. The molecular formula is C23H22ClNO4. The van der Waals surface area contributed by atoms with Crippen molar-refractivity contribution in [2.24, 2.45) is 5.92 Å². The normalized spacial score (nSPS) is 15.4. The molecule has 0 aliphatic carbocycles. The van der Waals surface area contributed by atoms with Crippen LogP contribution in [0.2, 0.25) is 0 Å². The highest BCUT2D eigenvalue weighted by Crippen LogP contribution is 2.28. The average Bonchev–Trinajstić information content (AvgIpc) is 2.68. The monoisotopic (exact) mass is 411 g/mol. The fourth-order valence-corrected chi connectivity index (χ4v) is 3.34. The number of benzene rings is 2. The minimum atomic E-state index is -0.709. The van der Waals surface area contributed by atoms with Gasteiger partial charge in [-0.1, -0.05) is 17.9 Å². The molecule has 1 N–H and O–H groups in total. The first kappa shape index (κ1) is 20.8. The lowest BCUT2D eigenvalue weighted by Crippen LogP contribution is -2.51. The zero-order chi connectivity index (χ0) is 19.5. The molecule has 150 valence electrons. The first-order valence-electron chi connectivity index (χ1n) is 9.18. The summed E-state index contributed by atoms with van der Waals surface area (Å²) in [5, 5.41) is 8.97. The maximum Gasteiger partial charge on any atom is 0.309 e. The third-order valence-electron chi connectivity index (χ3n) is 4.96. The largest absolute Gasteiger partial charge is 0.497 e. The molecule has 2 aliphatic rings. The molecule has 5 nitrogen and oxygen atoms in total. The second-order valence-electron chi connectivity index (χ2n) is 7.05. The topological polar surface area (TPSA) is 59.0 Å². The highest BCUT2D eigenvalue weighted by atomic mass is 35.5. The van der Waals surface area contributed by atoms with E-state index in [2.05, 4.69) is 22.8 Å². The lowest BCUT2D eigenvalue weighted by Gasteiger charge is -2.37. The highest BCUT2D eigenvalue weighted by molar-refractivity contribution is 5.85. The average molecular weight is 412 g/mol. The van der Waals surface area contributed by atoms with Crippen molar-refractivity contribution in [3.05, 3.63) is 64.7 Å². The predicted octanol–water partition coefficient (Wildman–Crippen LogP) is 3.31. The Morgan fingerprint density at radius 2 is 1.86 bits per heavy atom. The van der Waals surface area contributed by atoms with Gasteiger partial charge in [-0.15, -0.1) is 12.4 Å². The van der Waals surface area contributed by atoms with E-state index in [0.29, 0.717) is 19.7 Å². The molecule has 6 heteroatoms. The summed E-state index contributed by atoms with van der Waals surface area (Å²) in [5.41, 5.74) is 4.02. The zero-order valence-corrected chi connectivity index (χ0v) is 16.9. The van der Waals surface area contributed by atoms with Crippen LogP contribution in [0.15, 0.2) is 48.0 Å². The number of aliphatic carboxylic acids is 1. The number of carbonyl (C=O) groups is 1. The van der Waals surface area contributed by atoms with E-state index in [4.69, 9.17) is 14.6 Å². The van der Waals surface area contributed by atoms with Crippen LogP contribution in [0.4, 0.5) is 0 Å². The van der Waals surface area contributed by atoms with E-state index in [1.165, 1.54) is 0 Å². The lowest BCUT2D eigenvalue weighted by molar-refractivity contribution is -0.147. The number of hydrogen-bond donors (Lipinski definition) is 1. The molecule has 4 rings (SSSR count). The number of methoxy groups -OCH3 is 1. The molecule has 0 saturated carbocycles. The third-order valence-corrected chi connectivity index (χ3v) is 4.96. The molecule has 1 saturated heterocycles. The predicted molar refractivity (Wildman–Crippen MR) is 114 cm³/mol. The van der Waals surface area contributed by atoms with Crippen molar-refractivity contribution in [1.82, 2.24) is 4.90 Å². The number of halogens is 1. The van der Waals surface area contributed by atoms with E-state index in [0.717, 1.165) is 40.3 Å². The molecule has 2 aromatic rings. The van der Waals surface area contributed by atoms with Gasteiger partial charge in [-0.25, -0.2) is 0 Å².